The number of benzene rings is 7. The van der Waals surface area contributed by atoms with Gasteiger partial charge in [-0.2, -0.15) is 0 Å². The lowest BCUT2D eigenvalue weighted by atomic mass is 9.98. The first kappa shape index (κ1) is 29.7. The number of hydrogen-bond donors (Lipinski definition) is 0. The van der Waals surface area contributed by atoms with Crippen LogP contribution in [0.4, 0.5) is 0 Å². The maximum atomic E-state index is 6.84. The van der Waals surface area contributed by atoms with E-state index in [1.54, 1.807) is 0 Å². The molecule has 0 unspecified atom stereocenters. The van der Waals surface area contributed by atoms with E-state index in [4.69, 9.17) is 28.2 Å². The summed E-state index contributed by atoms with van der Waals surface area (Å²) in [5, 5.41) is 8.84. The zero-order valence-corrected chi connectivity index (χ0v) is 30.3. The van der Waals surface area contributed by atoms with Gasteiger partial charge in [0.1, 0.15) is 41.6 Å². The molecule has 1 aliphatic rings. The number of fused-ring (bicyclic) bond motifs is 13. The lowest BCUT2D eigenvalue weighted by molar-refractivity contribution is 0.668. The van der Waals surface area contributed by atoms with Gasteiger partial charge in [-0.25, -0.2) is 15.0 Å². The second-order valence-electron chi connectivity index (χ2n) is 14.7. The van der Waals surface area contributed by atoms with E-state index in [-0.39, 0.29) is 0 Å². The third kappa shape index (κ3) is 4.01. The minimum atomic E-state index is -2.13. The Morgan fingerprint density at radius 3 is 1.80 bits per heavy atom. The summed E-state index contributed by atoms with van der Waals surface area (Å²) in [7, 11) is -2.13. The minimum absolute atomic E-state index is 0.575. The first-order valence-electron chi connectivity index (χ1n) is 18.2. The molecule has 0 spiro atoms. The molecule has 7 aromatic carbocycles. The highest BCUT2D eigenvalue weighted by atomic mass is 28.3. The van der Waals surface area contributed by atoms with Gasteiger partial charge in [-0.3, -0.25) is 0 Å². The molecule has 54 heavy (non-hydrogen) atoms. The Morgan fingerprint density at radius 1 is 0.407 bits per heavy atom. The monoisotopic (exact) mass is 711 g/mol. The van der Waals surface area contributed by atoms with Gasteiger partial charge < -0.3 is 13.3 Å². The van der Waals surface area contributed by atoms with Crippen LogP contribution in [0.3, 0.4) is 0 Å². The molecule has 0 atom stereocenters. The standard InChI is InChI=1S/C47H29N3O3Si/c1-54(2)39-21-10-6-15-30(39)43-40(54)25-33(42-29-14-5-9-19-36(29)53-44(42)43)47-49-45(26-22-23-37-32(24-26)27-12-3-7-17-34(27)51-37)48-46(50-47)31-16-11-20-38-41(31)28-13-4-8-18-35(28)52-38/h3-25H,1-2H3. The highest BCUT2D eigenvalue weighted by Crippen LogP contribution is 2.44. The van der Waals surface area contributed by atoms with E-state index < -0.39 is 8.07 Å². The number of para-hydroxylation sites is 3. The molecule has 0 saturated heterocycles. The summed E-state index contributed by atoms with van der Waals surface area (Å²) in [6.45, 7) is 4.85. The number of nitrogens with zero attached hydrogens (tertiary/aromatic N) is 3. The van der Waals surface area contributed by atoms with E-state index in [9.17, 15) is 0 Å². The van der Waals surface area contributed by atoms with Crippen molar-refractivity contribution in [1.29, 1.82) is 0 Å². The zero-order valence-electron chi connectivity index (χ0n) is 29.3. The molecule has 4 aromatic heterocycles. The number of aromatic nitrogens is 3. The van der Waals surface area contributed by atoms with E-state index in [0.29, 0.717) is 17.5 Å². The Hall–Kier alpha value is -6.83. The van der Waals surface area contributed by atoms with E-state index >= 15 is 0 Å². The molecule has 254 valence electrons. The van der Waals surface area contributed by atoms with Crippen LogP contribution in [0.1, 0.15) is 0 Å². The van der Waals surface area contributed by atoms with Gasteiger partial charge in [0.15, 0.2) is 17.5 Å². The highest BCUT2D eigenvalue weighted by molar-refractivity contribution is 7.04. The van der Waals surface area contributed by atoms with Crippen LogP contribution < -0.4 is 10.4 Å². The number of hydrogen-bond acceptors (Lipinski definition) is 6. The van der Waals surface area contributed by atoms with E-state index in [1.165, 1.54) is 21.5 Å². The van der Waals surface area contributed by atoms with Gasteiger partial charge in [0, 0.05) is 54.6 Å². The number of furan rings is 3. The third-order valence-corrected chi connectivity index (χ3v) is 14.9. The van der Waals surface area contributed by atoms with E-state index in [0.717, 1.165) is 82.5 Å². The fraction of sp³-hybridized carbons (Fsp3) is 0.0426. The SMILES string of the molecule is C[Si]1(C)c2ccccc2-c2c1cc(-c1nc(-c3ccc4oc5ccccc5c4c3)nc(-c3cccc4oc5ccccc5c34)n1)c1c2oc2ccccc21. The van der Waals surface area contributed by atoms with Crippen molar-refractivity contribution in [3.63, 3.8) is 0 Å². The summed E-state index contributed by atoms with van der Waals surface area (Å²) in [5.74, 6) is 1.75. The van der Waals surface area contributed by atoms with Crippen LogP contribution in [0.2, 0.25) is 13.1 Å². The summed E-state index contributed by atoms with van der Waals surface area (Å²) < 4.78 is 19.4. The van der Waals surface area contributed by atoms with Crippen molar-refractivity contribution >= 4 is 84.3 Å². The molecular weight excluding hydrogens is 683 g/mol. The van der Waals surface area contributed by atoms with Crippen LogP contribution in [-0.4, -0.2) is 23.0 Å². The fourth-order valence-electron chi connectivity index (χ4n) is 8.80. The summed E-state index contributed by atoms with van der Waals surface area (Å²) in [6, 6.07) is 48.0. The summed E-state index contributed by atoms with van der Waals surface area (Å²) in [6.07, 6.45) is 0. The van der Waals surface area contributed by atoms with Gasteiger partial charge in [0.05, 0.1) is 0 Å². The van der Waals surface area contributed by atoms with Crippen LogP contribution in [0, 0.1) is 0 Å². The Balaban J connectivity index is 1.20. The first-order valence-corrected chi connectivity index (χ1v) is 21.2. The molecule has 5 heterocycles. The first-order chi connectivity index (χ1) is 26.5. The molecule has 0 amide bonds. The maximum absolute atomic E-state index is 6.84. The molecule has 0 bridgehead atoms. The molecule has 11 aromatic rings. The van der Waals surface area contributed by atoms with Crippen molar-refractivity contribution in [1.82, 2.24) is 15.0 Å². The molecule has 1 aliphatic heterocycles. The molecule has 0 radical (unpaired) electrons. The molecule has 7 heteroatoms. The van der Waals surface area contributed by atoms with Crippen LogP contribution >= 0.6 is 0 Å². The summed E-state index contributed by atoms with van der Waals surface area (Å²) in [4.78, 5) is 16.0. The zero-order chi connectivity index (χ0) is 35.7. The molecule has 0 aliphatic carbocycles. The Kier molecular flexibility index (Phi) is 5.84. The van der Waals surface area contributed by atoms with Gasteiger partial charge in [-0.15, -0.1) is 0 Å². The molecule has 0 saturated carbocycles. The second kappa shape index (κ2) is 10.6. The highest BCUT2D eigenvalue weighted by Gasteiger charge is 2.40. The number of rotatable bonds is 3. The summed E-state index contributed by atoms with van der Waals surface area (Å²) >= 11 is 0. The predicted octanol–water partition coefficient (Wildman–Crippen LogP) is 11.4. The minimum Gasteiger partial charge on any atom is -0.456 e. The van der Waals surface area contributed by atoms with Crippen molar-refractivity contribution in [2.24, 2.45) is 0 Å². The van der Waals surface area contributed by atoms with Crippen molar-refractivity contribution in [3.8, 4) is 45.3 Å². The van der Waals surface area contributed by atoms with Gasteiger partial charge >= 0.3 is 0 Å². The van der Waals surface area contributed by atoms with Gasteiger partial charge in [-0.1, -0.05) is 104 Å². The normalized spacial score (nSPS) is 13.5. The van der Waals surface area contributed by atoms with Gasteiger partial charge in [0.2, 0.25) is 0 Å². The van der Waals surface area contributed by atoms with Crippen LogP contribution in [0.25, 0.3) is 111 Å². The van der Waals surface area contributed by atoms with Crippen molar-refractivity contribution in [2.45, 2.75) is 13.1 Å². The van der Waals surface area contributed by atoms with Crippen LogP contribution in [0.15, 0.2) is 153 Å². The maximum Gasteiger partial charge on any atom is 0.164 e. The lowest BCUT2D eigenvalue weighted by Gasteiger charge is -2.19. The Morgan fingerprint density at radius 2 is 0.981 bits per heavy atom. The quantitative estimate of drug-likeness (QED) is 0.170. The van der Waals surface area contributed by atoms with Crippen LogP contribution in [-0.2, 0) is 0 Å². The largest absolute Gasteiger partial charge is 0.456 e. The molecule has 0 N–H and O–H groups in total. The van der Waals surface area contributed by atoms with Crippen molar-refractivity contribution in [3.05, 3.63) is 140 Å². The molecule has 0 fully saturated rings. The topological polar surface area (TPSA) is 78.1 Å². The lowest BCUT2D eigenvalue weighted by Crippen LogP contribution is -2.49. The smallest absolute Gasteiger partial charge is 0.164 e. The van der Waals surface area contributed by atoms with Gasteiger partial charge in [-0.05, 0) is 64.5 Å². The van der Waals surface area contributed by atoms with Crippen molar-refractivity contribution < 1.29 is 13.3 Å². The Labute approximate surface area is 309 Å². The third-order valence-electron chi connectivity index (χ3n) is 11.3. The average Bonchev–Trinajstić information content (AvgIpc) is 3.95. The predicted molar refractivity (Wildman–Crippen MR) is 220 cm³/mol. The fourth-order valence-corrected chi connectivity index (χ4v) is 11.9. The average molecular weight is 712 g/mol. The molecular formula is C47H29N3O3Si. The Bertz CT molecular complexity index is 3390. The molecule has 6 nitrogen and oxygen atoms in total. The van der Waals surface area contributed by atoms with E-state index in [2.05, 4.69) is 79.8 Å². The molecule has 12 rings (SSSR count). The van der Waals surface area contributed by atoms with E-state index in [1.807, 2.05) is 72.8 Å². The van der Waals surface area contributed by atoms with Crippen LogP contribution in [0.5, 0.6) is 0 Å². The second-order valence-corrected chi connectivity index (χ2v) is 19.0. The van der Waals surface area contributed by atoms with Crippen molar-refractivity contribution in [2.75, 3.05) is 0 Å². The summed E-state index contributed by atoms with van der Waals surface area (Å²) in [5.41, 5.74) is 10.1. The van der Waals surface area contributed by atoms with Gasteiger partial charge in [0.25, 0.3) is 0 Å².